The molecule has 54 heavy (non-hydrogen) atoms. The number of aliphatic hydroxyl groups excluding tert-OH is 2. The number of likely N-dealkylation sites (N-methyl/N-ethyl adjacent to an activating group) is 2. The van der Waals surface area contributed by atoms with Crippen LogP contribution in [0.2, 0.25) is 0 Å². The molecule has 0 spiro atoms. The first-order valence-electron chi connectivity index (χ1n) is 17.5. The summed E-state index contributed by atoms with van der Waals surface area (Å²) in [4.78, 5) is 31.1. The van der Waals surface area contributed by atoms with Crippen LogP contribution in [0.1, 0.15) is 11.1 Å². The number of nitrogens with zero attached hydrogens (tertiary/aromatic N) is 8. The molecule has 0 unspecified atom stereocenters. The summed E-state index contributed by atoms with van der Waals surface area (Å²) in [6.07, 6.45) is 4.30. The normalized spacial score (nSPS) is 11.0. The Balaban J connectivity index is 1.16. The number of rotatable bonds is 16. The molecule has 6 N–H and O–H groups in total. The molecule has 0 bridgehead atoms. The summed E-state index contributed by atoms with van der Waals surface area (Å²) < 4.78 is 2.44. The third-order valence-electron chi connectivity index (χ3n) is 8.36. The van der Waals surface area contributed by atoms with E-state index in [0.29, 0.717) is 48.8 Å². The summed E-state index contributed by atoms with van der Waals surface area (Å²) in [7, 11) is 3.66. The van der Waals surface area contributed by atoms with Crippen molar-refractivity contribution in [2.45, 2.75) is 0 Å². The number of aliphatic hydroxyl groups is 2. The third-order valence-corrected chi connectivity index (χ3v) is 10.1. The van der Waals surface area contributed by atoms with Gasteiger partial charge in [0.15, 0.2) is 0 Å². The van der Waals surface area contributed by atoms with Gasteiger partial charge in [0, 0.05) is 0 Å². The van der Waals surface area contributed by atoms with Gasteiger partial charge >= 0.3 is 352 Å². The van der Waals surface area contributed by atoms with Crippen LogP contribution in [0.5, 0.6) is 0 Å². The topological polar surface area (TPSA) is 172 Å². The van der Waals surface area contributed by atoms with E-state index < -0.39 is 0 Å². The standard InChI is InChI=1S/C38H38N12O2.2Na/c1-49(23-25-51)37-45-33(39-29-9-5-3-6-10-29)43-35(47-37)41-31-19-15-27(16-20-31)13-14-28-17-21-32(22-18-28)42-36-44-34(40-30-11-7-4-8-12-30)46-38(48-36)50(2)24-26-52;;/h3-15,17,19-22,51-52H,23-26H2,1-2H3,(H2,39,41,43,45,47)(H2,40,42,44,46,48);;. The molecule has 6 rings (SSSR count). The molecular formula is C38H38N12Na2O2. The van der Waals surface area contributed by atoms with Crippen LogP contribution in [-0.4, -0.2) is 136 Å². The summed E-state index contributed by atoms with van der Waals surface area (Å²) in [5, 5.41) is 32.2. The number of benzene rings is 4. The SMILES string of the molecule is CN(CCO)c1nc(Nc2ccccc2)nc(Nc2ccc(C=Cc3ccc(Nc4nc(Nc5ccccc5)nc(N(C)CCO)n4)c[c]3[Na])[c]([Na])c2)n1. The monoisotopic (exact) mass is 740 g/mol. The fourth-order valence-corrected chi connectivity index (χ4v) is 6.70. The summed E-state index contributed by atoms with van der Waals surface area (Å²) in [5.74, 6) is 2.49. The number of para-hydroxylation sites is 2. The van der Waals surface area contributed by atoms with Crippen LogP contribution < -0.4 is 36.7 Å². The van der Waals surface area contributed by atoms with Crippen LogP contribution in [0.25, 0.3) is 12.2 Å². The molecule has 6 aromatic rings. The molecule has 0 radical (unpaired) electrons. The van der Waals surface area contributed by atoms with E-state index in [-0.39, 0.29) is 13.2 Å². The van der Waals surface area contributed by atoms with E-state index in [4.69, 9.17) is 0 Å². The Morgan fingerprint density at radius 3 is 1.19 bits per heavy atom. The van der Waals surface area contributed by atoms with Crippen molar-refractivity contribution in [3.05, 3.63) is 108 Å². The Morgan fingerprint density at radius 2 is 0.852 bits per heavy atom. The molecule has 0 amide bonds. The predicted octanol–water partition coefficient (Wildman–Crippen LogP) is 3.65. The molecule has 2 heterocycles. The maximum atomic E-state index is 9.48. The molecule has 0 saturated carbocycles. The van der Waals surface area contributed by atoms with Crippen molar-refractivity contribution in [1.29, 1.82) is 0 Å². The molecule has 2 aromatic heterocycles. The van der Waals surface area contributed by atoms with Gasteiger partial charge in [-0.1, -0.05) is 0 Å². The summed E-state index contributed by atoms with van der Waals surface area (Å²) in [6, 6.07) is 31.9. The molecule has 14 nitrogen and oxygen atoms in total. The molecule has 0 aliphatic heterocycles. The van der Waals surface area contributed by atoms with Crippen molar-refractivity contribution in [3.63, 3.8) is 0 Å². The predicted molar refractivity (Wildman–Crippen MR) is 219 cm³/mol. The number of hydrogen-bond acceptors (Lipinski definition) is 14. The summed E-state index contributed by atoms with van der Waals surface area (Å²) >= 11 is 1.66. The van der Waals surface area contributed by atoms with Gasteiger partial charge in [0.1, 0.15) is 0 Å². The average Bonchev–Trinajstić information content (AvgIpc) is 3.16. The van der Waals surface area contributed by atoms with Gasteiger partial charge in [-0.3, -0.25) is 0 Å². The quantitative estimate of drug-likeness (QED) is 0.0628. The van der Waals surface area contributed by atoms with Gasteiger partial charge in [-0.2, -0.15) is 0 Å². The van der Waals surface area contributed by atoms with E-state index in [9.17, 15) is 10.2 Å². The van der Waals surface area contributed by atoms with E-state index in [2.05, 4.69) is 87.6 Å². The third kappa shape index (κ3) is 11.0. The molecule has 0 atom stereocenters. The Bertz CT molecular complexity index is 2040. The Hall–Kier alpha value is -4.64. The van der Waals surface area contributed by atoms with Gasteiger partial charge in [-0.05, 0) is 0 Å². The molecule has 16 heteroatoms. The first-order chi connectivity index (χ1) is 26.3. The molecule has 4 aromatic carbocycles. The minimum atomic E-state index is -0.0196. The summed E-state index contributed by atoms with van der Waals surface area (Å²) in [6.45, 7) is 0.736. The van der Waals surface area contributed by atoms with E-state index >= 15 is 0 Å². The fraction of sp³-hybridized carbons (Fsp3) is 0.158. The second-order valence-electron chi connectivity index (χ2n) is 12.6. The number of anilines is 10. The zero-order valence-corrected chi connectivity index (χ0v) is 34.7. The molecule has 0 aliphatic carbocycles. The fourth-order valence-electron chi connectivity index (χ4n) is 5.41. The number of hydrogen-bond donors (Lipinski definition) is 6. The van der Waals surface area contributed by atoms with Gasteiger partial charge in [0.05, 0.1) is 0 Å². The number of nitrogens with one attached hydrogen (secondary N) is 4. The van der Waals surface area contributed by atoms with Gasteiger partial charge in [-0.15, -0.1) is 0 Å². The van der Waals surface area contributed by atoms with E-state index in [1.807, 2.05) is 86.9 Å². The molecule has 264 valence electrons. The first-order valence-corrected chi connectivity index (χ1v) is 19.5. The van der Waals surface area contributed by atoms with Crippen LogP contribution in [0.15, 0.2) is 97.1 Å². The van der Waals surface area contributed by atoms with Gasteiger partial charge in [0.25, 0.3) is 0 Å². The van der Waals surface area contributed by atoms with Gasteiger partial charge < -0.3 is 0 Å². The van der Waals surface area contributed by atoms with Crippen LogP contribution >= 0.6 is 0 Å². The van der Waals surface area contributed by atoms with E-state index in [0.717, 1.165) is 89.7 Å². The first kappa shape index (κ1) is 39.1. The summed E-state index contributed by atoms with van der Waals surface area (Å²) in [5.41, 5.74) is 5.74. The van der Waals surface area contributed by atoms with Crippen molar-refractivity contribution < 1.29 is 10.2 Å². The van der Waals surface area contributed by atoms with Crippen molar-refractivity contribution >= 4 is 132 Å². The van der Waals surface area contributed by atoms with Crippen LogP contribution in [0.4, 0.5) is 58.4 Å². The van der Waals surface area contributed by atoms with Crippen molar-refractivity contribution in [2.75, 3.05) is 71.5 Å². The van der Waals surface area contributed by atoms with Gasteiger partial charge in [0.2, 0.25) is 0 Å². The van der Waals surface area contributed by atoms with Crippen molar-refractivity contribution in [1.82, 2.24) is 29.9 Å². The van der Waals surface area contributed by atoms with Gasteiger partial charge in [-0.25, -0.2) is 0 Å². The second-order valence-corrected chi connectivity index (χ2v) is 14.7. The van der Waals surface area contributed by atoms with Crippen LogP contribution in [0.3, 0.4) is 0 Å². The molecule has 0 aliphatic rings. The molecule has 0 fully saturated rings. The zero-order chi connectivity index (χ0) is 37.9. The number of aromatic nitrogens is 6. The average molecular weight is 741 g/mol. The van der Waals surface area contributed by atoms with Crippen molar-refractivity contribution in [3.8, 4) is 0 Å². The van der Waals surface area contributed by atoms with Crippen LogP contribution in [0, 0.1) is 0 Å². The zero-order valence-electron chi connectivity index (χ0n) is 30.7. The maximum absolute atomic E-state index is 9.48. The van der Waals surface area contributed by atoms with Crippen molar-refractivity contribution in [2.24, 2.45) is 0 Å². The van der Waals surface area contributed by atoms with E-state index in [1.165, 1.54) is 5.63 Å². The Morgan fingerprint density at radius 1 is 0.500 bits per heavy atom. The minimum absolute atomic E-state index is 0.0196. The van der Waals surface area contributed by atoms with Crippen LogP contribution in [-0.2, 0) is 0 Å². The second kappa shape index (κ2) is 19.1. The molecular weight excluding hydrogens is 702 g/mol. The van der Waals surface area contributed by atoms with E-state index in [1.54, 1.807) is 9.80 Å². The molecule has 0 saturated heterocycles. The Labute approximate surface area is 349 Å². The Kier molecular flexibility index (Phi) is 13.8.